The molecule has 1 amide bonds. The van der Waals surface area contributed by atoms with Crippen LogP contribution in [0.2, 0.25) is 0 Å². The number of nitrogens with zero attached hydrogens (tertiary/aromatic N) is 2. The Labute approximate surface area is 125 Å². The van der Waals surface area contributed by atoms with E-state index in [4.69, 9.17) is 5.73 Å². The third kappa shape index (κ3) is 3.00. The number of para-hydroxylation sites is 1. The number of rotatable bonds is 4. The van der Waals surface area contributed by atoms with E-state index in [9.17, 15) is 4.79 Å². The lowest BCUT2D eigenvalue weighted by Crippen LogP contribution is -2.26. The van der Waals surface area contributed by atoms with Crippen LogP contribution in [0.25, 0.3) is 10.9 Å². The molecular formula is C15H14N4OS. The second-order valence-corrected chi connectivity index (χ2v) is 5.52. The Bertz CT molecular complexity index is 770. The molecule has 0 bridgehead atoms. The predicted octanol–water partition coefficient (Wildman–Crippen LogP) is 2.25. The fourth-order valence-corrected chi connectivity index (χ4v) is 2.69. The molecule has 0 radical (unpaired) electrons. The van der Waals surface area contributed by atoms with Crippen molar-refractivity contribution < 1.29 is 4.79 Å². The average Bonchev–Trinajstić information content (AvgIpc) is 3.00. The largest absolute Gasteiger partial charge is 0.398 e. The van der Waals surface area contributed by atoms with Crippen LogP contribution in [-0.2, 0) is 6.42 Å². The normalized spacial score (nSPS) is 10.7. The molecule has 3 rings (SSSR count). The fourth-order valence-electron chi connectivity index (χ4n) is 2.07. The molecule has 21 heavy (non-hydrogen) atoms. The molecule has 0 spiro atoms. The van der Waals surface area contributed by atoms with E-state index in [0.717, 1.165) is 15.9 Å². The minimum Gasteiger partial charge on any atom is -0.398 e. The number of fused-ring (bicyclic) bond motifs is 1. The highest BCUT2D eigenvalue weighted by atomic mass is 32.1. The molecule has 0 saturated heterocycles. The molecular weight excluding hydrogens is 284 g/mol. The zero-order chi connectivity index (χ0) is 14.7. The van der Waals surface area contributed by atoms with Crippen molar-refractivity contribution in [3.63, 3.8) is 0 Å². The van der Waals surface area contributed by atoms with Gasteiger partial charge in [-0.2, -0.15) is 0 Å². The van der Waals surface area contributed by atoms with E-state index in [2.05, 4.69) is 15.3 Å². The minimum atomic E-state index is -0.219. The van der Waals surface area contributed by atoms with Gasteiger partial charge in [-0.3, -0.25) is 4.79 Å². The van der Waals surface area contributed by atoms with E-state index in [1.54, 1.807) is 23.6 Å². The Morgan fingerprint density at radius 3 is 3.00 bits per heavy atom. The molecule has 106 valence electrons. The third-order valence-electron chi connectivity index (χ3n) is 3.09. The Morgan fingerprint density at radius 1 is 1.33 bits per heavy atom. The highest BCUT2D eigenvalue weighted by molar-refractivity contribution is 7.09. The molecule has 3 N–H and O–H groups in total. The van der Waals surface area contributed by atoms with E-state index < -0.39 is 0 Å². The van der Waals surface area contributed by atoms with Crippen LogP contribution in [0.1, 0.15) is 15.5 Å². The zero-order valence-corrected chi connectivity index (χ0v) is 12.1. The molecule has 0 saturated carbocycles. The maximum absolute atomic E-state index is 12.1. The van der Waals surface area contributed by atoms with Crippen LogP contribution in [0.3, 0.4) is 0 Å². The molecule has 0 aliphatic heterocycles. The maximum atomic E-state index is 12.1. The number of hydrogen-bond acceptors (Lipinski definition) is 5. The molecule has 0 fully saturated rings. The van der Waals surface area contributed by atoms with Crippen molar-refractivity contribution in [2.75, 3.05) is 12.3 Å². The van der Waals surface area contributed by atoms with Crippen molar-refractivity contribution in [2.24, 2.45) is 0 Å². The van der Waals surface area contributed by atoms with E-state index in [-0.39, 0.29) is 5.91 Å². The van der Waals surface area contributed by atoms with Gasteiger partial charge in [-0.25, -0.2) is 9.97 Å². The highest BCUT2D eigenvalue weighted by Gasteiger charge is 2.10. The van der Waals surface area contributed by atoms with Crippen molar-refractivity contribution in [3.8, 4) is 0 Å². The lowest BCUT2D eigenvalue weighted by Gasteiger charge is -2.07. The number of nitrogen functional groups attached to an aromatic ring is 1. The summed E-state index contributed by atoms with van der Waals surface area (Å²) in [6.07, 6.45) is 2.47. The summed E-state index contributed by atoms with van der Waals surface area (Å²) in [5, 5.41) is 6.62. The zero-order valence-electron chi connectivity index (χ0n) is 11.2. The van der Waals surface area contributed by atoms with Crippen molar-refractivity contribution in [2.45, 2.75) is 6.42 Å². The highest BCUT2D eigenvalue weighted by Crippen LogP contribution is 2.19. The Balaban J connectivity index is 1.72. The summed E-state index contributed by atoms with van der Waals surface area (Å²) in [6.45, 7) is 0.529. The van der Waals surface area contributed by atoms with Crippen LogP contribution in [0, 0.1) is 0 Å². The summed E-state index contributed by atoms with van der Waals surface area (Å²) in [5.41, 5.74) is 7.60. The molecule has 0 aliphatic rings. The smallest absolute Gasteiger partial charge is 0.269 e. The lowest BCUT2D eigenvalue weighted by molar-refractivity contribution is 0.0949. The minimum absolute atomic E-state index is 0.219. The molecule has 2 heterocycles. The fraction of sp³-hybridized carbons (Fsp3) is 0.133. The second kappa shape index (κ2) is 5.88. The van der Waals surface area contributed by atoms with E-state index >= 15 is 0 Å². The van der Waals surface area contributed by atoms with Crippen molar-refractivity contribution in [3.05, 3.63) is 52.6 Å². The maximum Gasteiger partial charge on any atom is 0.269 e. The van der Waals surface area contributed by atoms with Gasteiger partial charge in [-0.05, 0) is 12.1 Å². The topological polar surface area (TPSA) is 80.9 Å². The molecule has 2 aromatic heterocycles. The van der Waals surface area contributed by atoms with E-state index in [0.29, 0.717) is 24.3 Å². The first-order chi connectivity index (χ1) is 10.2. The van der Waals surface area contributed by atoms with E-state index in [1.807, 2.05) is 29.6 Å². The van der Waals surface area contributed by atoms with Crippen LogP contribution in [0.5, 0.6) is 0 Å². The number of benzene rings is 1. The third-order valence-corrected chi connectivity index (χ3v) is 3.93. The molecule has 5 nitrogen and oxygen atoms in total. The number of nitrogens with two attached hydrogens (primary N) is 1. The summed E-state index contributed by atoms with van der Waals surface area (Å²) >= 11 is 1.58. The Hall–Kier alpha value is -2.47. The standard InChI is InChI=1S/C15H14N4OS/c16-11-9-13(19-12-4-2-1-3-10(11)12)15(20)18-6-5-14-17-7-8-21-14/h1-4,7-9H,5-6H2,(H2,16,19)(H,18,20). The number of pyridine rings is 1. The number of aromatic nitrogens is 2. The van der Waals surface area contributed by atoms with Crippen molar-refractivity contribution in [1.29, 1.82) is 0 Å². The molecule has 0 atom stereocenters. The van der Waals surface area contributed by atoms with Crippen LogP contribution in [0.4, 0.5) is 5.69 Å². The Kier molecular flexibility index (Phi) is 3.79. The number of thiazole rings is 1. The van der Waals surface area contributed by atoms with E-state index in [1.165, 1.54) is 0 Å². The van der Waals surface area contributed by atoms with Gasteiger partial charge in [0, 0.05) is 35.6 Å². The van der Waals surface area contributed by atoms with Gasteiger partial charge < -0.3 is 11.1 Å². The van der Waals surface area contributed by atoms with Crippen LogP contribution in [-0.4, -0.2) is 22.4 Å². The Morgan fingerprint density at radius 2 is 2.19 bits per heavy atom. The summed E-state index contributed by atoms with van der Waals surface area (Å²) < 4.78 is 0. The van der Waals surface area contributed by atoms with Crippen molar-refractivity contribution in [1.82, 2.24) is 15.3 Å². The van der Waals surface area contributed by atoms with Gasteiger partial charge in [-0.1, -0.05) is 18.2 Å². The summed E-state index contributed by atoms with van der Waals surface area (Å²) in [7, 11) is 0. The van der Waals surface area contributed by atoms with Gasteiger partial charge in [0.1, 0.15) is 5.69 Å². The van der Waals surface area contributed by atoms with Crippen LogP contribution in [0.15, 0.2) is 41.9 Å². The molecule has 1 aromatic carbocycles. The SMILES string of the molecule is Nc1cc(C(=O)NCCc2nccs2)nc2ccccc12. The summed E-state index contributed by atoms with van der Waals surface area (Å²) in [6, 6.07) is 9.12. The number of carbonyl (C=O) groups excluding carboxylic acids is 1. The first kappa shape index (κ1) is 13.5. The molecule has 6 heteroatoms. The first-order valence-electron chi connectivity index (χ1n) is 6.56. The summed E-state index contributed by atoms with van der Waals surface area (Å²) in [5.74, 6) is -0.219. The lowest BCUT2D eigenvalue weighted by atomic mass is 10.1. The molecule has 3 aromatic rings. The average molecular weight is 298 g/mol. The predicted molar refractivity (Wildman–Crippen MR) is 84.3 cm³/mol. The summed E-state index contributed by atoms with van der Waals surface area (Å²) in [4.78, 5) is 20.6. The second-order valence-electron chi connectivity index (χ2n) is 4.55. The number of nitrogens with one attached hydrogen (secondary N) is 1. The number of carbonyl (C=O) groups is 1. The monoisotopic (exact) mass is 298 g/mol. The number of hydrogen-bond donors (Lipinski definition) is 2. The van der Waals surface area contributed by atoms with Crippen molar-refractivity contribution >= 4 is 33.8 Å². The first-order valence-corrected chi connectivity index (χ1v) is 7.44. The number of amides is 1. The van der Waals surface area contributed by atoms with Gasteiger partial charge in [-0.15, -0.1) is 11.3 Å². The van der Waals surface area contributed by atoms with Gasteiger partial charge in [0.05, 0.1) is 10.5 Å². The van der Waals surface area contributed by atoms with Crippen LogP contribution < -0.4 is 11.1 Å². The molecule has 0 aliphatic carbocycles. The van der Waals surface area contributed by atoms with Crippen LogP contribution >= 0.6 is 11.3 Å². The molecule has 0 unspecified atom stereocenters. The van der Waals surface area contributed by atoms with Gasteiger partial charge in [0.15, 0.2) is 0 Å². The van der Waals surface area contributed by atoms with Gasteiger partial charge >= 0.3 is 0 Å². The number of anilines is 1. The van der Waals surface area contributed by atoms with Gasteiger partial charge in [0.25, 0.3) is 5.91 Å². The quantitative estimate of drug-likeness (QED) is 0.774. The van der Waals surface area contributed by atoms with Gasteiger partial charge in [0.2, 0.25) is 0 Å².